The van der Waals surface area contributed by atoms with Crippen LogP contribution in [-0.2, 0) is 9.84 Å². The third kappa shape index (κ3) is 4.92. The molecule has 2 atom stereocenters. The van der Waals surface area contributed by atoms with E-state index in [0.717, 1.165) is 44.7 Å². The zero-order valence-corrected chi connectivity index (χ0v) is 13.0. The molecule has 0 aliphatic heterocycles. The molecule has 0 heterocycles. The Morgan fingerprint density at radius 3 is 2.63 bits per heavy atom. The van der Waals surface area contributed by atoms with Crippen molar-refractivity contribution < 1.29 is 8.42 Å². The van der Waals surface area contributed by atoms with Crippen molar-refractivity contribution in [1.29, 1.82) is 0 Å². The molecule has 2 unspecified atom stereocenters. The van der Waals surface area contributed by atoms with Gasteiger partial charge in [0.05, 0.1) is 5.25 Å². The fraction of sp³-hybridized carbons (Fsp3) is 0.867. The van der Waals surface area contributed by atoms with Gasteiger partial charge in [-0.2, -0.15) is 0 Å². The van der Waals surface area contributed by atoms with Crippen LogP contribution in [0.5, 0.6) is 0 Å². The second kappa shape index (κ2) is 6.40. The van der Waals surface area contributed by atoms with E-state index in [1.807, 2.05) is 0 Å². The molecule has 3 nitrogen and oxygen atoms in total. The predicted octanol–water partition coefficient (Wildman–Crippen LogP) is 2.68. The van der Waals surface area contributed by atoms with Crippen LogP contribution in [0.1, 0.15) is 51.9 Å². The summed E-state index contributed by atoms with van der Waals surface area (Å²) in [5, 5.41) is 3.40. The van der Waals surface area contributed by atoms with E-state index in [2.05, 4.69) is 18.3 Å². The van der Waals surface area contributed by atoms with Crippen molar-refractivity contribution in [2.75, 3.05) is 12.8 Å². The van der Waals surface area contributed by atoms with Crippen LogP contribution < -0.4 is 5.32 Å². The molecule has 2 saturated carbocycles. The second-order valence-electron chi connectivity index (χ2n) is 6.28. The summed E-state index contributed by atoms with van der Waals surface area (Å²) in [7, 11) is -2.86. The molecule has 19 heavy (non-hydrogen) atoms. The third-order valence-corrected chi connectivity index (χ3v) is 6.14. The first-order valence-corrected chi connectivity index (χ1v) is 9.51. The average molecular weight is 285 g/mol. The van der Waals surface area contributed by atoms with E-state index < -0.39 is 9.84 Å². The summed E-state index contributed by atoms with van der Waals surface area (Å²) in [5.74, 6) is 0.481. The molecular weight excluding hydrogens is 258 g/mol. The highest BCUT2D eigenvalue weighted by Gasteiger charge is 2.29. The first kappa shape index (κ1) is 15.0. The van der Waals surface area contributed by atoms with Crippen LogP contribution in [0.2, 0.25) is 0 Å². The minimum atomic E-state index is -2.86. The largest absolute Gasteiger partial charge is 0.314 e. The molecule has 0 aromatic carbocycles. The van der Waals surface area contributed by atoms with Crippen molar-refractivity contribution in [3.63, 3.8) is 0 Å². The van der Waals surface area contributed by atoms with Crippen LogP contribution in [0, 0.1) is 5.92 Å². The molecule has 0 aromatic heterocycles. The third-order valence-electron chi connectivity index (χ3n) is 4.50. The Bertz CT molecular complexity index is 423. The van der Waals surface area contributed by atoms with Gasteiger partial charge in [-0.3, -0.25) is 0 Å². The first-order valence-electron chi connectivity index (χ1n) is 7.55. The molecule has 2 fully saturated rings. The molecule has 0 aromatic rings. The zero-order chi connectivity index (χ0) is 13.9. The number of nitrogens with one attached hydrogen (secondary N) is 1. The van der Waals surface area contributed by atoms with E-state index in [-0.39, 0.29) is 5.25 Å². The number of sulfone groups is 1. The average Bonchev–Trinajstić information content (AvgIpc) is 3.17. The Kier molecular flexibility index (Phi) is 5.07. The van der Waals surface area contributed by atoms with Crippen molar-refractivity contribution in [2.24, 2.45) is 5.92 Å². The summed E-state index contributed by atoms with van der Waals surface area (Å²) in [6.07, 6.45) is 11.3. The summed E-state index contributed by atoms with van der Waals surface area (Å²) < 4.78 is 23.3. The predicted molar refractivity (Wildman–Crippen MR) is 80.0 cm³/mol. The molecule has 0 bridgehead atoms. The lowest BCUT2D eigenvalue weighted by atomic mass is 9.84. The van der Waals surface area contributed by atoms with E-state index in [0.29, 0.717) is 5.92 Å². The molecule has 0 radical (unpaired) electrons. The quantitative estimate of drug-likeness (QED) is 0.603. The minimum absolute atomic E-state index is 0.112. The second-order valence-corrected chi connectivity index (χ2v) is 8.61. The van der Waals surface area contributed by atoms with Crippen LogP contribution in [0.25, 0.3) is 0 Å². The van der Waals surface area contributed by atoms with E-state index in [9.17, 15) is 8.42 Å². The lowest BCUT2D eigenvalue weighted by molar-refractivity contribution is 0.398. The van der Waals surface area contributed by atoms with Crippen LogP contribution >= 0.6 is 0 Å². The van der Waals surface area contributed by atoms with Crippen LogP contribution in [0.3, 0.4) is 0 Å². The van der Waals surface area contributed by atoms with Crippen LogP contribution in [-0.4, -0.2) is 32.5 Å². The molecule has 0 spiro atoms. The zero-order valence-electron chi connectivity index (χ0n) is 12.2. The summed E-state index contributed by atoms with van der Waals surface area (Å²) in [6, 6.07) is 0.776. The number of allylic oxidation sites excluding steroid dienone is 1. The topological polar surface area (TPSA) is 46.2 Å². The summed E-state index contributed by atoms with van der Waals surface area (Å²) in [5.41, 5.74) is 1.39. The molecule has 0 amide bonds. The van der Waals surface area contributed by atoms with Gasteiger partial charge in [-0.1, -0.05) is 18.1 Å². The highest BCUT2D eigenvalue weighted by Crippen LogP contribution is 2.33. The van der Waals surface area contributed by atoms with E-state index in [4.69, 9.17) is 0 Å². The first-order chi connectivity index (χ1) is 8.97. The fourth-order valence-corrected chi connectivity index (χ4v) is 4.17. The fourth-order valence-electron chi connectivity index (χ4n) is 2.99. The van der Waals surface area contributed by atoms with Gasteiger partial charge in [0.1, 0.15) is 9.84 Å². The molecule has 2 rings (SSSR count). The maximum Gasteiger partial charge on any atom is 0.150 e. The Morgan fingerprint density at radius 2 is 2.00 bits per heavy atom. The number of hydrogen-bond acceptors (Lipinski definition) is 3. The Morgan fingerprint density at radius 1 is 1.26 bits per heavy atom. The van der Waals surface area contributed by atoms with E-state index >= 15 is 0 Å². The molecule has 2 aliphatic carbocycles. The van der Waals surface area contributed by atoms with Crippen LogP contribution in [0.15, 0.2) is 11.6 Å². The molecule has 4 heteroatoms. The highest BCUT2D eigenvalue weighted by atomic mass is 32.2. The lowest BCUT2D eigenvalue weighted by Gasteiger charge is -2.28. The Labute approximate surface area is 117 Å². The standard InChI is InChI=1S/C15H27NO2S/c1-12(5-4-10-16-14-8-9-14)13-6-3-7-15(11-13)19(2,17)18/h5,13-16H,3-4,6-11H2,1-2H3. The molecule has 1 N–H and O–H groups in total. The van der Waals surface area contributed by atoms with Gasteiger partial charge in [-0.25, -0.2) is 8.42 Å². The Balaban J connectivity index is 1.79. The molecule has 110 valence electrons. The van der Waals surface area contributed by atoms with Crippen molar-refractivity contribution >= 4 is 9.84 Å². The summed E-state index contributed by atoms with van der Waals surface area (Å²) >= 11 is 0. The van der Waals surface area contributed by atoms with Crippen molar-refractivity contribution in [3.05, 3.63) is 11.6 Å². The Hall–Kier alpha value is -0.350. The monoisotopic (exact) mass is 285 g/mol. The van der Waals surface area contributed by atoms with Gasteiger partial charge in [-0.05, 0) is 57.9 Å². The minimum Gasteiger partial charge on any atom is -0.314 e. The van der Waals surface area contributed by atoms with Gasteiger partial charge in [0.15, 0.2) is 0 Å². The van der Waals surface area contributed by atoms with Gasteiger partial charge < -0.3 is 5.32 Å². The van der Waals surface area contributed by atoms with Crippen molar-refractivity contribution in [1.82, 2.24) is 5.32 Å². The van der Waals surface area contributed by atoms with E-state index in [1.54, 1.807) is 0 Å². The van der Waals surface area contributed by atoms with Gasteiger partial charge in [0.2, 0.25) is 0 Å². The molecule has 0 saturated heterocycles. The van der Waals surface area contributed by atoms with E-state index in [1.165, 1.54) is 24.7 Å². The van der Waals surface area contributed by atoms with Gasteiger partial charge in [0, 0.05) is 12.3 Å². The summed E-state index contributed by atoms with van der Waals surface area (Å²) in [6.45, 7) is 3.23. The normalized spacial score (nSPS) is 29.5. The van der Waals surface area contributed by atoms with Crippen LogP contribution in [0.4, 0.5) is 0 Å². The maximum absolute atomic E-state index is 11.7. The molecular formula is C15H27NO2S. The lowest BCUT2D eigenvalue weighted by Crippen LogP contribution is -2.27. The molecule has 2 aliphatic rings. The SMILES string of the molecule is CC(=CCCNC1CC1)C1CCCC(S(C)(=O)=O)C1. The number of rotatable bonds is 6. The van der Waals surface area contributed by atoms with Gasteiger partial charge >= 0.3 is 0 Å². The highest BCUT2D eigenvalue weighted by molar-refractivity contribution is 7.91. The van der Waals surface area contributed by atoms with Crippen molar-refractivity contribution in [3.8, 4) is 0 Å². The van der Waals surface area contributed by atoms with Crippen molar-refractivity contribution in [2.45, 2.75) is 63.2 Å². The number of hydrogen-bond donors (Lipinski definition) is 1. The van der Waals surface area contributed by atoms with Gasteiger partial charge in [-0.15, -0.1) is 0 Å². The smallest absolute Gasteiger partial charge is 0.150 e. The summed E-state index contributed by atoms with van der Waals surface area (Å²) in [4.78, 5) is 0. The maximum atomic E-state index is 11.7. The van der Waals surface area contributed by atoms with Gasteiger partial charge in [0.25, 0.3) is 0 Å².